The van der Waals surface area contributed by atoms with Crippen LogP contribution in [0, 0.1) is 29.1 Å². The highest BCUT2D eigenvalue weighted by Crippen LogP contribution is 2.57. The van der Waals surface area contributed by atoms with E-state index in [-0.39, 0.29) is 11.6 Å². The Bertz CT molecular complexity index is 1020. The standard InChI is InChI=1S/C23H27N7O2/c24-2-1-5-32-23-9-14-6-15(10-23)21(16(7-14)11-23)29-18-8-19(28-12-17(18)22(25)31)30-20-13-26-3-4-27-20/h3-4,8,12-16,21H,1,5-7,9-11H2,(H2,25,31)(H2,27,28,29,30)/t14?,15-,16+,21?,23?. The zero-order valence-electron chi connectivity index (χ0n) is 17.8. The number of hydrogen-bond donors (Lipinski definition) is 3. The molecule has 0 saturated heterocycles. The Morgan fingerprint density at radius 1 is 1.19 bits per heavy atom. The number of hydrogen-bond acceptors (Lipinski definition) is 8. The van der Waals surface area contributed by atoms with Crippen LogP contribution in [0.25, 0.3) is 0 Å². The average Bonchev–Trinajstić information content (AvgIpc) is 2.76. The molecule has 9 nitrogen and oxygen atoms in total. The molecule has 5 atom stereocenters. The number of carbonyl (C=O) groups is 1. The van der Waals surface area contributed by atoms with Gasteiger partial charge in [-0.25, -0.2) is 9.97 Å². The van der Waals surface area contributed by atoms with E-state index in [1.165, 1.54) is 19.0 Å². The van der Waals surface area contributed by atoms with Crippen LogP contribution in [0.1, 0.15) is 48.9 Å². The van der Waals surface area contributed by atoms with Crippen LogP contribution >= 0.6 is 0 Å². The largest absolute Gasteiger partial charge is 0.381 e. The first-order valence-electron chi connectivity index (χ1n) is 11.2. The number of rotatable bonds is 8. The van der Waals surface area contributed by atoms with Gasteiger partial charge in [0.25, 0.3) is 5.91 Å². The summed E-state index contributed by atoms with van der Waals surface area (Å²) in [5.74, 6) is 2.24. The van der Waals surface area contributed by atoms with Crippen molar-refractivity contribution in [1.29, 1.82) is 5.26 Å². The van der Waals surface area contributed by atoms with Gasteiger partial charge in [-0.15, -0.1) is 0 Å². The first kappa shape index (κ1) is 20.6. The second-order valence-electron chi connectivity index (χ2n) is 9.27. The molecular weight excluding hydrogens is 406 g/mol. The lowest BCUT2D eigenvalue weighted by Gasteiger charge is -2.59. The van der Waals surface area contributed by atoms with Crippen molar-refractivity contribution in [2.75, 3.05) is 17.2 Å². The Hall–Kier alpha value is -3.25. The van der Waals surface area contributed by atoms with Crippen molar-refractivity contribution in [3.63, 3.8) is 0 Å². The van der Waals surface area contributed by atoms with Crippen LogP contribution in [0.5, 0.6) is 0 Å². The lowest BCUT2D eigenvalue weighted by Crippen LogP contribution is -2.60. The molecule has 166 valence electrons. The molecule has 1 amide bonds. The number of ether oxygens (including phenoxy) is 1. The van der Waals surface area contributed by atoms with Gasteiger partial charge in [0, 0.05) is 30.7 Å². The fourth-order valence-electron chi connectivity index (χ4n) is 6.19. The van der Waals surface area contributed by atoms with Gasteiger partial charge in [-0.3, -0.25) is 9.78 Å². The minimum atomic E-state index is -0.508. The number of nitriles is 1. The lowest BCUT2D eigenvalue weighted by molar-refractivity contribution is -0.165. The summed E-state index contributed by atoms with van der Waals surface area (Å²) < 4.78 is 6.27. The molecule has 4 aliphatic carbocycles. The van der Waals surface area contributed by atoms with Crippen molar-refractivity contribution in [2.45, 2.75) is 50.2 Å². The number of anilines is 3. The third-order valence-corrected chi connectivity index (χ3v) is 7.15. The van der Waals surface area contributed by atoms with Crippen LogP contribution in [0.3, 0.4) is 0 Å². The highest BCUT2D eigenvalue weighted by Gasteiger charge is 2.56. The zero-order chi connectivity index (χ0) is 22.1. The van der Waals surface area contributed by atoms with Gasteiger partial charge in [0.1, 0.15) is 11.6 Å². The summed E-state index contributed by atoms with van der Waals surface area (Å²) in [4.78, 5) is 24.7. The Morgan fingerprint density at radius 3 is 2.69 bits per heavy atom. The van der Waals surface area contributed by atoms with Crippen molar-refractivity contribution in [1.82, 2.24) is 15.0 Å². The van der Waals surface area contributed by atoms with Crippen molar-refractivity contribution in [3.05, 3.63) is 36.4 Å². The van der Waals surface area contributed by atoms with Crippen LogP contribution in [0.2, 0.25) is 0 Å². The summed E-state index contributed by atoms with van der Waals surface area (Å²) >= 11 is 0. The molecule has 2 aromatic heterocycles. The summed E-state index contributed by atoms with van der Waals surface area (Å²) in [6.45, 7) is 0.508. The number of carbonyl (C=O) groups excluding carboxylic acids is 1. The second kappa shape index (κ2) is 8.36. The molecule has 2 aromatic rings. The molecule has 4 bridgehead atoms. The quantitative estimate of drug-likeness (QED) is 0.540. The molecule has 32 heavy (non-hydrogen) atoms. The van der Waals surface area contributed by atoms with E-state index in [4.69, 9.17) is 15.7 Å². The maximum Gasteiger partial charge on any atom is 0.252 e. The fraction of sp³-hybridized carbons (Fsp3) is 0.522. The van der Waals surface area contributed by atoms with Crippen LogP contribution in [0.15, 0.2) is 30.9 Å². The SMILES string of the molecule is N#CCCOC12CC3C[C@H](C1)C(Nc1cc(Nc4cnccn4)ncc1C(N)=O)[C@@H](C3)C2. The number of nitrogens with two attached hydrogens (primary N) is 1. The molecule has 9 heteroatoms. The number of amides is 1. The maximum atomic E-state index is 12.1. The predicted molar refractivity (Wildman–Crippen MR) is 118 cm³/mol. The van der Waals surface area contributed by atoms with Crippen molar-refractivity contribution < 1.29 is 9.53 Å². The van der Waals surface area contributed by atoms with E-state index < -0.39 is 5.91 Å². The van der Waals surface area contributed by atoms with Crippen molar-refractivity contribution in [3.8, 4) is 6.07 Å². The van der Waals surface area contributed by atoms with Crippen LogP contribution in [-0.2, 0) is 4.74 Å². The highest BCUT2D eigenvalue weighted by molar-refractivity contribution is 5.98. The van der Waals surface area contributed by atoms with E-state index in [1.54, 1.807) is 18.6 Å². The van der Waals surface area contributed by atoms with Gasteiger partial charge in [0.05, 0.1) is 42.1 Å². The Balaban J connectivity index is 1.36. The molecule has 6 rings (SSSR count). The van der Waals surface area contributed by atoms with Gasteiger partial charge in [-0.1, -0.05) is 0 Å². The van der Waals surface area contributed by atoms with Crippen molar-refractivity contribution >= 4 is 23.2 Å². The van der Waals surface area contributed by atoms with Crippen LogP contribution in [0.4, 0.5) is 17.3 Å². The smallest absolute Gasteiger partial charge is 0.252 e. The molecule has 4 fully saturated rings. The number of pyridine rings is 1. The topological polar surface area (TPSA) is 139 Å². The Kier molecular flexibility index (Phi) is 5.39. The van der Waals surface area contributed by atoms with E-state index >= 15 is 0 Å². The van der Waals surface area contributed by atoms with Crippen molar-refractivity contribution in [2.24, 2.45) is 23.5 Å². The predicted octanol–water partition coefficient (Wildman–Crippen LogP) is 3.00. The van der Waals surface area contributed by atoms with Gasteiger partial charge in [0.2, 0.25) is 0 Å². The van der Waals surface area contributed by atoms with E-state index in [0.717, 1.165) is 19.3 Å². The first-order chi connectivity index (χ1) is 15.5. The Labute approximate surface area is 186 Å². The van der Waals surface area contributed by atoms with Gasteiger partial charge in [-0.2, -0.15) is 5.26 Å². The lowest BCUT2D eigenvalue weighted by atomic mass is 9.52. The van der Waals surface area contributed by atoms with Gasteiger partial charge in [0.15, 0.2) is 0 Å². The summed E-state index contributed by atoms with van der Waals surface area (Å²) in [5, 5.41) is 15.7. The average molecular weight is 434 g/mol. The van der Waals surface area contributed by atoms with E-state index in [2.05, 4.69) is 31.7 Å². The normalized spacial score (nSPS) is 30.0. The highest BCUT2D eigenvalue weighted by atomic mass is 16.5. The third-order valence-electron chi connectivity index (χ3n) is 7.15. The summed E-state index contributed by atoms with van der Waals surface area (Å²) in [6, 6.07) is 4.25. The first-order valence-corrected chi connectivity index (χ1v) is 11.2. The van der Waals surface area contributed by atoms with E-state index in [9.17, 15) is 4.79 Å². The van der Waals surface area contributed by atoms with Crippen LogP contribution in [-0.4, -0.2) is 39.1 Å². The number of aromatic nitrogens is 3. The fourth-order valence-corrected chi connectivity index (χ4v) is 6.19. The van der Waals surface area contributed by atoms with Gasteiger partial charge < -0.3 is 21.1 Å². The number of nitrogens with one attached hydrogen (secondary N) is 2. The zero-order valence-corrected chi connectivity index (χ0v) is 17.8. The molecule has 4 aliphatic rings. The Morgan fingerprint density at radius 2 is 2.00 bits per heavy atom. The molecule has 4 N–H and O–H groups in total. The minimum absolute atomic E-state index is 0.0883. The van der Waals surface area contributed by atoms with Crippen LogP contribution < -0.4 is 16.4 Å². The van der Waals surface area contributed by atoms with Gasteiger partial charge >= 0.3 is 0 Å². The van der Waals surface area contributed by atoms with E-state index in [0.29, 0.717) is 53.7 Å². The maximum absolute atomic E-state index is 12.1. The number of primary amides is 1. The molecule has 0 aliphatic heterocycles. The summed E-state index contributed by atoms with van der Waals surface area (Å²) in [5.41, 5.74) is 6.63. The molecule has 0 radical (unpaired) electrons. The third kappa shape index (κ3) is 3.98. The molecule has 3 unspecified atom stereocenters. The monoisotopic (exact) mass is 433 g/mol. The minimum Gasteiger partial charge on any atom is -0.381 e. The van der Waals surface area contributed by atoms with E-state index in [1.807, 2.05) is 6.07 Å². The summed E-state index contributed by atoms with van der Waals surface area (Å²) in [6.07, 6.45) is 12.2. The molecule has 0 aromatic carbocycles. The number of nitrogens with zero attached hydrogens (tertiary/aromatic N) is 4. The molecular formula is C23H27N7O2. The molecule has 0 spiro atoms. The summed E-state index contributed by atoms with van der Waals surface area (Å²) in [7, 11) is 0. The van der Waals surface area contributed by atoms with Gasteiger partial charge in [-0.05, 0) is 49.9 Å². The molecule has 2 heterocycles. The molecule has 4 saturated carbocycles. The second-order valence-corrected chi connectivity index (χ2v) is 9.27.